The van der Waals surface area contributed by atoms with Crippen LogP contribution in [0.2, 0.25) is 13.1 Å². The summed E-state index contributed by atoms with van der Waals surface area (Å²) in [4.78, 5) is 0. The molecule has 6 heteroatoms. The number of phosphoric ester groups is 1. The van der Waals surface area contributed by atoms with Gasteiger partial charge in [-0.15, -0.1) is 0 Å². The van der Waals surface area contributed by atoms with Gasteiger partial charge in [-0.3, -0.25) is 4.52 Å². The molecule has 0 aliphatic carbocycles. The molecule has 1 aliphatic heterocycles. The molecule has 3 rings (SSSR count). The molecule has 0 spiro atoms. The van der Waals surface area contributed by atoms with Crippen molar-refractivity contribution >= 4 is 26.3 Å². The third-order valence-electron chi connectivity index (χ3n) is 4.26. The SMILES string of the molecule is COP1(=O)Oc2ccc(C)cc2[Si](C)(C)c2cc(C)ccc2O1. The fraction of sp³-hybridized carbons (Fsp3) is 0.294. The molecule has 0 aromatic heterocycles. The zero-order valence-electron chi connectivity index (χ0n) is 14.0. The van der Waals surface area contributed by atoms with Crippen molar-refractivity contribution in [3.05, 3.63) is 47.5 Å². The van der Waals surface area contributed by atoms with Crippen LogP contribution >= 0.6 is 7.82 Å². The first-order valence-corrected chi connectivity index (χ1v) is 12.0. The van der Waals surface area contributed by atoms with E-state index in [1.165, 1.54) is 7.11 Å². The molecular formula is C17H21O4PSi. The molecule has 4 nitrogen and oxygen atoms in total. The molecule has 0 saturated heterocycles. The molecule has 1 heterocycles. The summed E-state index contributed by atoms with van der Waals surface area (Å²) in [5.41, 5.74) is 2.30. The predicted molar refractivity (Wildman–Crippen MR) is 95.0 cm³/mol. The Balaban J connectivity index is 2.34. The van der Waals surface area contributed by atoms with Crippen LogP contribution in [0.25, 0.3) is 0 Å². The standard InChI is InChI=1S/C17H21O4PSi/c1-12-6-8-14-16(10-12)23(4,5)17-11-13(2)7-9-15(17)21-22(18,19-3)20-14/h6-11H,1-5H3. The average molecular weight is 348 g/mol. The summed E-state index contributed by atoms with van der Waals surface area (Å²) in [6, 6.07) is 11.9. The first kappa shape index (κ1) is 16.3. The number of fused-ring (bicyclic) bond motifs is 2. The first-order chi connectivity index (χ1) is 10.7. The lowest BCUT2D eigenvalue weighted by molar-refractivity contribution is 0.250. The molecular weight excluding hydrogens is 327 g/mol. The van der Waals surface area contributed by atoms with Crippen LogP contribution in [0.1, 0.15) is 11.1 Å². The second-order valence-corrected chi connectivity index (χ2v) is 12.4. The Bertz CT molecular complexity index is 755. The number of benzene rings is 2. The molecule has 0 N–H and O–H groups in total. The van der Waals surface area contributed by atoms with E-state index >= 15 is 0 Å². The monoisotopic (exact) mass is 348 g/mol. The van der Waals surface area contributed by atoms with E-state index < -0.39 is 15.9 Å². The van der Waals surface area contributed by atoms with Crippen LogP contribution < -0.4 is 19.4 Å². The first-order valence-electron chi connectivity index (χ1n) is 7.52. The summed E-state index contributed by atoms with van der Waals surface area (Å²) < 4.78 is 29.3. The van der Waals surface area contributed by atoms with Gasteiger partial charge in [-0.25, -0.2) is 4.57 Å². The van der Waals surface area contributed by atoms with E-state index in [1.807, 2.05) is 38.1 Å². The Kier molecular flexibility index (Phi) is 3.91. The van der Waals surface area contributed by atoms with Crippen molar-refractivity contribution in [3.63, 3.8) is 0 Å². The Labute approximate surface area is 138 Å². The van der Waals surface area contributed by atoms with Crippen molar-refractivity contribution in [2.24, 2.45) is 0 Å². The zero-order chi connectivity index (χ0) is 16.8. The normalized spacial score (nSPS) is 17.8. The van der Waals surface area contributed by atoms with E-state index in [1.54, 1.807) is 0 Å². The Morgan fingerprint density at radius 2 is 1.35 bits per heavy atom. The number of hydrogen-bond acceptors (Lipinski definition) is 4. The lowest BCUT2D eigenvalue weighted by Gasteiger charge is -2.32. The van der Waals surface area contributed by atoms with E-state index in [0.717, 1.165) is 21.5 Å². The van der Waals surface area contributed by atoms with E-state index in [2.05, 4.69) is 25.2 Å². The second-order valence-electron chi connectivity index (χ2n) is 6.44. The Hall–Kier alpha value is -1.55. The van der Waals surface area contributed by atoms with E-state index in [-0.39, 0.29) is 0 Å². The maximum atomic E-state index is 12.8. The van der Waals surface area contributed by atoms with Gasteiger partial charge in [0, 0.05) is 7.11 Å². The maximum Gasteiger partial charge on any atom is 0.587 e. The van der Waals surface area contributed by atoms with Gasteiger partial charge in [-0.1, -0.05) is 48.5 Å². The zero-order valence-corrected chi connectivity index (χ0v) is 15.9. The van der Waals surface area contributed by atoms with Crippen LogP contribution in [-0.2, 0) is 9.09 Å². The van der Waals surface area contributed by atoms with Crippen molar-refractivity contribution in [3.8, 4) is 11.5 Å². The van der Waals surface area contributed by atoms with Gasteiger partial charge in [0.05, 0.1) is 0 Å². The molecule has 0 atom stereocenters. The minimum absolute atomic E-state index is 0.588. The highest BCUT2D eigenvalue weighted by atomic mass is 31.2. The number of phosphoric acid groups is 1. The van der Waals surface area contributed by atoms with Gasteiger partial charge in [-0.2, -0.15) is 0 Å². The van der Waals surface area contributed by atoms with Gasteiger partial charge < -0.3 is 9.05 Å². The van der Waals surface area contributed by atoms with Gasteiger partial charge in [0.1, 0.15) is 19.6 Å². The van der Waals surface area contributed by atoms with Crippen molar-refractivity contribution in [2.75, 3.05) is 7.11 Å². The van der Waals surface area contributed by atoms with Gasteiger partial charge >= 0.3 is 7.82 Å². The molecule has 1 aliphatic rings. The van der Waals surface area contributed by atoms with E-state index in [4.69, 9.17) is 13.6 Å². The highest BCUT2D eigenvalue weighted by Gasteiger charge is 2.40. The average Bonchev–Trinajstić information content (AvgIpc) is 2.50. The molecule has 0 saturated carbocycles. The third kappa shape index (κ3) is 2.85. The Morgan fingerprint density at radius 1 is 0.913 bits per heavy atom. The van der Waals surface area contributed by atoms with Crippen molar-refractivity contribution in [1.29, 1.82) is 0 Å². The summed E-state index contributed by atoms with van der Waals surface area (Å²) in [6.45, 7) is 8.60. The minimum Gasteiger partial charge on any atom is -0.395 e. The molecule has 0 unspecified atom stereocenters. The van der Waals surface area contributed by atoms with Gasteiger partial charge in [-0.05, 0) is 36.4 Å². The molecule has 0 bridgehead atoms. The molecule has 0 radical (unpaired) electrons. The number of aryl methyl sites for hydroxylation is 2. The maximum absolute atomic E-state index is 12.8. The second kappa shape index (κ2) is 5.51. The third-order valence-corrected chi connectivity index (χ3v) is 9.02. The molecule has 2 aromatic rings. The van der Waals surface area contributed by atoms with Gasteiger partial charge in [0.25, 0.3) is 0 Å². The van der Waals surface area contributed by atoms with Crippen LogP contribution in [0, 0.1) is 13.8 Å². The topological polar surface area (TPSA) is 44.8 Å². The summed E-state index contributed by atoms with van der Waals surface area (Å²) in [5.74, 6) is 1.18. The fourth-order valence-corrected chi connectivity index (χ4v) is 7.03. The lowest BCUT2D eigenvalue weighted by Crippen LogP contribution is -2.54. The molecule has 23 heavy (non-hydrogen) atoms. The quantitative estimate of drug-likeness (QED) is 0.583. The molecule has 0 amide bonds. The van der Waals surface area contributed by atoms with Crippen LogP contribution in [0.4, 0.5) is 0 Å². The summed E-state index contributed by atoms with van der Waals surface area (Å²) in [5, 5.41) is 2.20. The van der Waals surface area contributed by atoms with E-state index in [0.29, 0.717) is 11.5 Å². The molecule has 122 valence electrons. The van der Waals surface area contributed by atoms with Crippen LogP contribution in [0.3, 0.4) is 0 Å². The minimum atomic E-state index is -3.69. The predicted octanol–water partition coefficient (Wildman–Crippen LogP) is 3.65. The van der Waals surface area contributed by atoms with Crippen molar-refractivity contribution in [1.82, 2.24) is 0 Å². The number of rotatable bonds is 1. The smallest absolute Gasteiger partial charge is 0.395 e. The summed E-state index contributed by atoms with van der Waals surface area (Å²) >= 11 is 0. The fourth-order valence-electron chi connectivity index (χ4n) is 2.90. The molecule has 2 aromatic carbocycles. The lowest BCUT2D eigenvalue weighted by atomic mass is 10.2. The number of hydrogen-bond donors (Lipinski definition) is 0. The Morgan fingerprint density at radius 3 is 1.74 bits per heavy atom. The van der Waals surface area contributed by atoms with E-state index in [9.17, 15) is 4.57 Å². The van der Waals surface area contributed by atoms with Crippen LogP contribution in [-0.4, -0.2) is 15.2 Å². The van der Waals surface area contributed by atoms with Gasteiger partial charge in [0.2, 0.25) is 0 Å². The van der Waals surface area contributed by atoms with Crippen molar-refractivity contribution < 1.29 is 18.1 Å². The van der Waals surface area contributed by atoms with Crippen LogP contribution in [0.15, 0.2) is 36.4 Å². The highest BCUT2D eigenvalue weighted by molar-refractivity contribution is 7.49. The largest absolute Gasteiger partial charge is 0.587 e. The molecule has 0 fully saturated rings. The van der Waals surface area contributed by atoms with Crippen molar-refractivity contribution in [2.45, 2.75) is 26.9 Å². The van der Waals surface area contributed by atoms with Gasteiger partial charge in [0.15, 0.2) is 0 Å². The van der Waals surface area contributed by atoms with Crippen LogP contribution in [0.5, 0.6) is 11.5 Å². The summed E-state index contributed by atoms with van der Waals surface area (Å²) in [6.07, 6.45) is 0. The highest BCUT2D eigenvalue weighted by Crippen LogP contribution is 2.49. The summed E-state index contributed by atoms with van der Waals surface area (Å²) in [7, 11) is -4.43.